The SMILES string of the molecule is CCSOCCCCOSCC. The molecule has 0 amide bonds. The van der Waals surface area contributed by atoms with Crippen LogP contribution in [0.3, 0.4) is 0 Å². The quantitative estimate of drug-likeness (QED) is 0.430. The van der Waals surface area contributed by atoms with Gasteiger partial charge < -0.3 is 8.37 Å². The highest BCUT2D eigenvalue weighted by Crippen LogP contribution is 2.05. The smallest absolute Gasteiger partial charge is 0.0614 e. The average Bonchev–Trinajstić information content (AvgIpc) is 2.10. The Morgan fingerprint density at radius 3 is 1.58 bits per heavy atom. The monoisotopic (exact) mass is 210 g/mol. The Hall–Kier alpha value is 0.620. The number of unbranched alkanes of at least 4 members (excludes halogenated alkanes) is 1. The van der Waals surface area contributed by atoms with Gasteiger partial charge in [-0.2, -0.15) is 0 Å². The molecule has 2 nitrogen and oxygen atoms in total. The summed E-state index contributed by atoms with van der Waals surface area (Å²) >= 11 is 3.06. The zero-order chi connectivity index (χ0) is 9.07. The van der Waals surface area contributed by atoms with Crippen LogP contribution in [0.4, 0.5) is 0 Å². The summed E-state index contributed by atoms with van der Waals surface area (Å²) in [6.45, 7) is 5.87. The third-order valence-electron chi connectivity index (χ3n) is 1.11. The van der Waals surface area contributed by atoms with Gasteiger partial charge >= 0.3 is 0 Å². The predicted molar refractivity (Wildman–Crippen MR) is 57.4 cm³/mol. The van der Waals surface area contributed by atoms with E-state index in [0.29, 0.717) is 0 Å². The van der Waals surface area contributed by atoms with Gasteiger partial charge in [0.1, 0.15) is 0 Å². The Balaban J connectivity index is 2.73. The summed E-state index contributed by atoms with van der Waals surface area (Å²) in [6.07, 6.45) is 2.19. The molecule has 0 spiro atoms. The van der Waals surface area contributed by atoms with Crippen molar-refractivity contribution in [3.05, 3.63) is 0 Å². The molecule has 4 heteroatoms. The minimum Gasteiger partial charge on any atom is -0.315 e. The maximum Gasteiger partial charge on any atom is 0.0614 e. The van der Waals surface area contributed by atoms with Crippen LogP contribution in [0, 0.1) is 0 Å². The van der Waals surface area contributed by atoms with Crippen molar-refractivity contribution in [1.29, 1.82) is 0 Å². The zero-order valence-electron chi connectivity index (χ0n) is 7.88. The van der Waals surface area contributed by atoms with Gasteiger partial charge in [0, 0.05) is 11.5 Å². The minimum atomic E-state index is 0.846. The number of hydrogen-bond acceptors (Lipinski definition) is 4. The predicted octanol–water partition coefficient (Wildman–Crippen LogP) is 3.14. The van der Waals surface area contributed by atoms with Crippen LogP contribution in [-0.2, 0) is 8.37 Å². The summed E-state index contributed by atoms with van der Waals surface area (Å²) in [5.41, 5.74) is 0. The highest BCUT2D eigenvalue weighted by atomic mass is 32.2. The molecule has 74 valence electrons. The lowest BCUT2D eigenvalue weighted by molar-refractivity contribution is 0.313. The highest BCUT2D eigenvalue weighted by molar-refractivity contribution is 7.94. The van der Waals surface area contributed by atoms with Crippen LogP contribution in [0.15, 0.2) is 0 Å². The second kappa shape index (κ2) is 11.6. The van der Waals surface area contributed by atoms with Crippen molar-refractivity contribution in [1.82, 2.24) is 0 Å². The summed E-state index contributed by atoms with van der Waals surface area (Å²) in [5.74, 6) is 2.06. The molecule has 0 saturated heterocycles. The third-order valence-corrected chi connectivity index (χ3v) is 2.25. The molecule has 12 heavy (non-hydrogen) atoms. The lowest BCUT2D eigenvalue weighted by Gasteiger charge is -2.01. The molecule has 0 unspecified atom stereocenters. The van der Waals surface area contributed by atoms with Gasteiger partial charge in [0.25, 0.3) is 0 Å². The largest absolute Gasteiger partial charge is 0.315 e. The van der Waals surface area contributed by atoms with Crippen molar-refractivity contribution in [2.24, 2.45) is 0 Å². The highest BCUT2D eigenvalue weighted by Gasteiger charge is 1.90. The summed E-state index contributed by atoms with van der Waals surface area (Å²) in [6, 6.07) is 0. The average molecular weight is 210 g/mol. The molecule has 0 aromatic heterocycles. The Kier molecular flexibility index (Phi) is 12.2. The summed E-state index contributed by atoms with van der Waals surface area (Å²) in [5, 5.41) is 0. The molecule has 0 aliphatic carbocycles. The van der Waals surface area contributed by atoms with Crippen LogP contribution < -0.4 is 0 Å². The van der Waals surface area contributed by atoms with Gasteiger partial charge in [0.15, 0.2) is 0 Å². The standard InChI is InChI=1S/C8H18O2S2/c1-3-11-9-7-5-6-8-10-12-4-2/h3-8H2,1-2H3. The van der Waals surface area contributed by atoms with Gasteiger partial charge in [-0.25, -0.2) is 0 Å². The molecule has 0 fully saturated rings. The molecule has 0 saturated carbocycles. The fourth-order valence-corrected chi connectivity index (χ4v) is 1.41. The number of rotatable bonds is 9. The van der Waals surface area contributed by atoms with Gasteiger partial charge in [0.05, 0.1) is 13.2 Å². The van der Waals surface area contributed by atoms with Crippen molar-refractivity contribution in [3.63, 3.8) is 0 Å². The lowest BCUT2D eigenvalue weighted by Crippen LogP contribution is -1.92. The van der Waals surface area contributed by atoms with Gasteiger partial charge in [-0.3, -0.25) is 0 Å². The van der Waals surface area contributed by atoms with Crippen molar-refractivity contribution in [2.75, 3.05) is 24.7 Å². The van der Waals surface area contributed by atoms with Gasteiger partial charge in [-0.15, -0.1) is 0 Å². The first kappa shape index (κ1) is 12.6. The van der Waals surface area contributed by atoms with Gasteiger partial charge in [-0.1, -0.05) is 13.8 Å². The van der Waals surface area contributed by atoms with E-state index in [-0.39, 0.29) is 0 Å². The van der Waals surface area contributed by atoms with Crippen molar-refractivity contribution in [2.45, 2.75) is 26.7 Å². The van der Waals surface area contributed by atoms with Gasteiger partial charge in [0.2, 0.25) is 0 Å². The van der Waals surface area contributed by atoms with Crippen molar-refractivity contribution < 1.29 is 8.37 Å². The lowest BCUT2D eigenvalue weighted by atomic mass is 10.3. The first-order valence-electron chi connectivity index (χ1n) is 4.40. The summed E-state index contributed by atoms with van der Waals surface area (Å²) in [4.78, 5) is 0. The number of hydrogen-bond donors (Lipinski definition) is 0. The Labute approximate surface area is 84.2 Å². The van der Waals surface area contributed by atoms with Crippen LogP contribution >= 0.6 is 24.1 Å². The van der Waals surface area contributed by atoms with Crippen LogP contribution in [0.25, 0.3) is 0 Å². The molecular formula is C8H18O2S2. The minimum absolute atomic E-state index is 0.846. The second-order valence-electron chi connectivity index (χ2n) is 2.16. The molecule has 0 aromatic carbocycles. The topological polar surface area (TPSA) is 18.5 Å². The normalized spacial score (nSPS) is 10.5. The molecule has 0 bridgehead atoms. The third kappa shape index (κ3) is 10.6. The summed E-state index contributed by atoms with van der Waals surface area (Å²) < 4.78 is 10.5. The molecule has 0 atom stereocenters. The van der Waals surface area contributed by atoms with Crippen molar-refractivity contribution in [3.8, 4) is 0 Å². The van der Waals surface area contributed by atoms with E-state index >= 15 is 0 Å². The first-order valence-corrected chi connectivity index (χ1v) is 6.22. The van der Waals surface area contributed by atoms with Crippen LogP contribution in [0.5, 0.6) is 0 Å². The zero-order valence-corrected chi connectivity index (χ0v) is 9.51. The molecular weight excluding hydrogens is 192 g/mol. The maximum atomic E-state index is 5.24. The molecule has 0 rings (SSSR count). The van der Waals surface area contributed by atoms with Crippen molar-refractivity contribution >= 4 is 24.1 Å². The molecule has 0 heterocycles. The Bertz CT molecular complexity index is 71.5. The van der Waals surface area contributed by atoms with E-state index in [1.165, 1.54) is 24.1 Å². The van der Waals surface area contributed by atoms with E-state index in [2.05, 4.69) is 13.8 Å². The second-order valence-corrected chi connectivity index (χ2v) is 4.26. The van der Waals surface area contributed by atoms with E-state index in [4.69, 9.17) is 8.37 Å². The fourth-order valence-electron chi connectivity index (χ4n) is 0.606. The fraction of sp³-hybridized carbons (Fsp3) is 1.00. The van der Waals surface area contributed by atoms with E-state index < -0.39 is 0 Å². The molecule has 0 aliphatic rings. The molecule has 0 N–H and O–H groups in total. The van der Waals surface area contributed by atoms with E-state index in [0.717, 1.165) is 37.6 Å². The van der Waals surface area contributed by atoms with Crippen LogP contribution in [0.2, 0.25) is 0 Å². The Morgan fingerprint density at radius 2 is 1.25 bits per heavy atom. The first-order chi connectivity index (χ1) is 5.91. The van der Waals surface area contributed by atoms with E-state index in [1.807, 2.05) is 0 Å². The Morgan fingerprint density at radius 1 is 0.833 bits per heavy atom. The summed E-state index contributed by atoms with van der Waals surface area (Å²) in [7, 11) is 0. The molecule has 0 aliphatic heterocycles. The van der Waals surface area contributed by atoms with Crippen LogP contribution in [0.1, 0.15) is 26.7 Å². The molecule has 0 aromatic rings. The maximum absolute atomic E-state index is 5.24. The van der Waals surface area contributed by atoms with E-state index in [1.54, 1.807) is 0 Å². The van der Waals surface area contributed by atoms with Gasteiger partial charge in [-0.05, 0) is 36.9 Å². The molecule has 0 radical (unpaired) electrons. The van der Waals surface area contributed by atoms with E-state index in [9.17, 15) is 0 Å². The van der Waals surface area contributed by atoms with Crippen LogP contribution in [-0.4, -0.2) is 24.7 Å².